The maximum absolute atomic E-state index is 2.40. The quantitative estimate of drug-likeness (QED) is 0.101. The van der Waals surface area contributed by atoms with Gasteiger partial charge in [0.2, 0.25) is 0 Å². The van der Waals surface area contributed by atoms with Crippen molar-refractivity contribution in [1.82, 2.24) is 0 Å². The summed E-state index contributed by atoms with van der Waals surface area (Å²) in [5.74, 6) is 0. The predicted molar refractivity (Wildman–Crippen MR) is 427 cm³/mol. The Kier molecular flexibility index (Phi) is 15.4. The lowest BCUT2D eigenvalue weighted by Gasteiger charge is -2.31. The first kappa shape index (κ1) is 59.5. The fraction of sp³-hybridized carbons (Fsp3) is 0. The lowest BCUT2D eigenvalue weighted by Crippen LogP contribution is -2.04. The highest BCUT2D eigenvalue weighted by Gasteiger charge is 2.35. The van der Waals surface area contributed by atoms with Crippen molar-refractivity contribution in [1.29, 1.82) is 0 Å². The molecule has 18 rings (SSSR count). The van der Waals surface area contributed by atoms with Crippen LogP contribution in [0.1, 0.15) is 0 Å². The van der Waals surface area contributed by atoms with Gasteiger partial charge >= 0.3 is 0 Å². The first-order chi connectivity index (χ1) is 49.8. The van der Waals surface area contributed by atoms with E-state index in [9.17, 15) is 0 Å². The average molecular weight is 1270 g/mol. The van der Waals surface area contributed by atoms with Crippen molar-refractivity contribution in [3.8, 4) is 145 Å². The molecule has 0 aliphatic carbocycles. The van der Waals surface area contributed by atoms with E-state index in [4.69, 9.17) is 0 Å². The highest BCUT2D eigenvalue weighted by molar-refractivity contribution is 6.33. The zero-order chi connectivity index (χ0) is 66.3. The van der Waals surface area contributed by atoms with Crippen LogP contribution in [0.25, 0.3) is 188 Å². The van der Waals surface area contributed by atoms with Crippen molar-refractivity contribution in [3.63, 3.8) is 0 Å². The van der Waals surface area contributed by atoms with E-state index in [1.807, 2.05) is 0 Å². The molecule has 0 saturated carbocycles. The summed E-state index contributed by atoms with van der Waals surface area (Å²) in [6.07, 6.45) is 0. The molecule has 0 bridgehead atoms. The third kappa shape index (κ3) is 10.2. The van der Waals surface area contributed by atoms with Gasteiger partial charge in [-0.3, -0.25) is 0 Å². The molecule has 0 heteroatoms. The summed E-state index contributed by atoms with van der Waals surface area (Å²) in [5, 5.41) is 9.37. The van der Waals surface area contributed by atoms with Gasteiger partial charge in [0, 0.05) is 0 Å². The first-order valence-corrected chi connectivity index (χ1v) is 34.7. The van der Waals surface area contributed by atoms with Crippen molar-refractivity contribution in [2.24, 2.45) is 0 Å². The van der Waals surface area contributed by atoms with Gasteiger partial charge in [0.15, 0.2) is 0 Å². The molecule has 0 amide bonds. The van der Waals surface area contributed by atoms with E-state index in [0.717, 1.165) is 55.6 Å². The third-order valence-corrected chi connectivity index (χ3v) is 20.2. The minimum atomic E-state index is 1.14. The lowest BCUT2D eigenvalue weighted by molar-refractivity contribution is 1.52. The van der Waals surface area contributed by atoms with Crippen LogP contribution in [0.2, 0.25) is 0 Å². The third-order valence-electron chi connectivity index (χ3n) is 20.2. The molecule has 0 N–H and O–H groups in total. The molecule has 0 aromatic heterocycles. The summed E-state index contributed by atoms with van der Waals surface area (Å²) < 4.78 is 0. The largest absolute Gasteiger partial charge is 0.0622 e. The number of fused-ring (bicyclic) bond motifs is 4. The Morgan fingerprint density at radius 2 is 0.160 bits per heavy atom. The van der Waals surface area contributed by atoms with Gasteiger partial charge in [0.25, 0.3) is 0 Å². The second-order valence-electron chi connectivity index (χ2n) is 25.8. The molecule has 0 atom stereocenters. The van der Waals surface area contributed by atoms with E-state index >= 15 is 0 Å². The van der Waals surface area contributed by atoms with Gasteiger partial charge in [-0.25, -0.2) is 0 Å². The Morgan fingerprint density at radius 3 is 0.280 bits per heavy atom. The zero-order valence-electron chi connectivity index (χ0n) is 55.1. The molecule has 0 nitrogen and oxygen atoms in total. The molecule has 100 heavy (non-hydrogen) atoms. The lowest BCUT2D eigenvalue weighted by atomic mass is 9.71. The van der Waals surface area contributed by atoms with E-state index in [-0.39, 0.29) is 0 Å². The first-order valence-electron chi connectivity index (χ1n) is 34.7. The van der Waals surface area contributed by atoms with Crippen LogP contribution in [0.3, 0.4) is 0 Å². The van der Waals surface area contributed by atoms with Gasteiger partial charge < -0.3 is 0 Å². The minimum Gasteiger partial charge on any atom is -0.0622 e. The van der Waals surface area contributed by atoms with E-state index in [2.05, 4.69) is 400 Å². The smallest absolute Gasteiger partial charge is 0.000138 e. The van der Waals surface area contributed by atoms with Gasteiger partial charge in [0.1, 0.15) is 0 Å². The fourth-order valence-electron chi connectivity index (χ4n) is 16.3. The molecule has 0 aliphatic heterocycles. The van der Waals surface area contributed by atoms with Crippen LogP contribution in [0, 0.1) is 0 Å². The van der Waals surface area contributed by atoms with E-state index in [0.29, 0.717) is 0 Å². The maximum Gasteiger partial charge on any atom is -0.000138 e. The molecule has 0 heterocycles. The van der Waals surface area contributed by atoms with Crippen molar-refractivity contribution in [3.05, 3.63) is 400 Å². The second-order valence-corrected chi connectivity index (χ2v) is 25.8. The highest BCUT2D eigenvalue weighted by Crippen LogP contribution is 2.62. The molecule has 466 valence electrons. The second kappa shape index (κ2) is 25.9. The van der Waals surface area contributed by atoms with Crippen LogP contribution in [-0.2, 0) is 0 Å². The van der Waals surface area contributed by atoms with Crippen LogP contribution in [0.5, 0.6) is 0 Å². The monoisotopic (exact) mass is 1270 g/mol. The number of hydrogen-bond donors (Lipinski definition) is 0. The molecule has 0 unspecified atom stereocenters. The summed E-state index contributed by atoms with van der Waals surface area (Å²) in [7, 11) is 0. The van der Waals surface area contributed by atoms with E-state index in [1.165, 1.54) is 132 Å². The van der Waals surface area contributed by atoms with Gasteiger partial charge in [-0.05, 0) is 188 Å². The molecule has 0 radical (unpaired) electrons. The summed E-state index contributed by atoms with van der Waals surface area (Å²) in [6.45, 7) is 0. The van der Waals surface area contributed by atoms with E-state index < -0.39 is 0 Å². The van der Waals surface area contributed by atoms with Gasteiger partial charge in [-0.15, -0.1) is 0 Å². The SMILES string of the molecule is c1ccc(-c2c(-c3ccccc3)c(-c3ccccc3)c(-c3c4ccccc4c(-c4c5ccccc5c(-c5c(-c6ccccc6)c(-c6ccccc6)c(-c6ccccc6)c(-c6ccccc6)c5-c5ccccc5)c5ccccc45)c4ccccc34)c(-c3ccccc3)c2-c2ccccc2)cc1. The molecule has 18 aromatic carbocycles. The summed E-state index contributed by atoms with van der Waals surface area (Å²) >= 11 is 0. The number of rotatable bonds is 13. The maximum atomic E-state index is 2.40. The summed E-state index contributed by atoms with van der Waals surface area (Å²) in [5.41, 5.74) is 30.4. The Morgan fingerprint density at radius 1 is 0.0700 bits per heavy atom. The van der Waals surface area contributed by atoms with Crippen LogP contribution in [-0.4, -0.2) is 0 Å². The predicted octanol–water partition coefficient (Wildman–Crippen LogP) is 28.0. The van der Waals surface area contributed by atoms with Gasteiger partial charge in [-0.1, -0.05) is 400 Å². The summed E-state index contributed by atoms with van der Waals surface area (Å²) in [6, 6.07) is 149. The molecule has 0 spiro atoms. The Hall–Kier alpha value is -13.0. The van der Waals surface area contributed by atoms with Gasteiger partial charge in [-0.2, -0.15) is 0 Å². The summed E-state index contributed by atoms with van der Waals surface area (Å²) in [4.78, 5) is 0. The molecular formula is C100H66. The Balaban J connectivity index is 1.04. The molecule has 0 saturated heterocycles. The van der Waals surface area contributed by atoms with Crippen LogP contribution >= 0.6 is 0 Å². The molecular weight excluding hydrogens is 1200 g/mol. The standard InChI is InChI=1S/C100H66/c1-11-39-67(40-12-1)85-87(69-43-15-3-16-44-69)91(73-51-23-7-24-52-73)99(92(74-53-25-8-26-54-74)88(85)70-45-17-4-18-46-70)97-81-63-35-31-59-77(81)95(78-60-32-36-64-82(78)97)96-79-61-33-37-65-83(79)98(84-66-38-34-62-80(84)96)100-93(75-55-27-9-28-56-75)89(71-47-19-5-20-48-71)86(68-41-13-2-14-42-68)90(72-49-21-6-22-50-72)94(100)76-57-29-10-30-58-76/h1-66H. The van der Waals surface area contributed by atoms with Crippen molar-refractivity contribution in [2.45, 2.75) is 0 Å². The van der Waals surface area contributed by atoms with Crippen LogP contribution < -0.4 is 0 Å². The number of hydrogen-bond acceptors (Lipinski definition) is 0. The highest BCUT2D eigenvalue weighted by atomic mass is 14.4. The molecule has 0 fully saturated rings. The van der Waals surface area contributed by atoms with Crippen molar-refractivity contribution >= 4 is 43.1 Å². The van der Waals surface area contributed by atoms with Crippen LogP contribution in [0.4, 0.5) is 0 Å². The zero-order valence-corrected chi connectivity index (χ0v) is 55.1. The topological polar surface area (TPSA) is 0 Å². The van der Waals surface area contributed by atoms with Crippen molar-refractivity contribution < 1.29 is 0 Å². The minimum absolute atomic E-state index is 1.14. The average Bonchev–Trinajstić information content (AvgIpc) is 0.699. The van der Waals surface area contributed by atoms with Crippen molar-refractivity contribution in [2.75, 3.05) is 0 Å². The van der Waals surface area contributed by atoms with Gasteiger partial charge in [0.05, 0.1) is 0 Å². The van der Waals surface area contributed by atoms with E-state index in [1.54, 1.807) is 0 Å². The Labute approximate surface area is 584 Å². The molecule has 0 aliphatic rings. The van der Waals surface area contributed by atoms with Crippen LogP contribution in [0.15, 0.2) is 400 Å². The molecule has 18 aromatic rings. The fourth-order valence-corrected chi connectivity index (χ4v) is 16.3. The number of benzene rings is 18. The normalized spacial score (nSPS) is 11.4. The Bertz CT molecular complexity index is 5330.